The van der Waals surface area contributed by atoms with E-state index in [0.29, 0.717) is 0 Å². The van der Waals surface area contributed by atoms with E-state index < -0.39 is 23.4 Å². The summed E-state index contributed by atoms with van der Waals surface area (Å²) in [6, 6.07) is 5.82. The highest BCUT2D eigenvalue weighted by atomic mass is 32.1. The molecule has 206 valence electrons. The molecule has 0 bridgehead atoms. The number of thiazole rings is 1. The van der Waals surface area contributed by atoms with Gasteiger partial charge < -0.3 is 15.5 Å². The summed E-state index contributed by atoms with van der Waals surface area (Å²) in [7, 11) is 0. The van der Waals surface area contributed by atoms with Crippen molar-refractivity contribution >= 4 is 34.8 Å². The average molecular weight is 541 g/mol. The topological polar surface area (TPSA) is 108 Å². The molecule has 2 heterocycles. The Hall–Kier alpha value is -3.07. The number of benzene rings is 1. The van der Waals surface area contributed by atoms with Crippen molar-refractivity contribution in [2.45, 2.75) is 86.4 Å². The molecule has 9 heteroatoms. The maximum absolute atomic E-state index is 13.7. The summed E-state index contributed by atoms with van der Waals surface area (Å²) in [5, 5.41) is 5.85. The van der Waals surface area contributed by atoms with Crippen molar-refractivity contribution < 1.29 is 19.2 Å². The fraction of sp³-hybridized carbons (Fsp3) is 0.552. The molecule has 1 aromatic heterocycles. The fourth-order valence-electron chi connectivity index (χ4n) is 4.56. The van der Waals surface area contributed by atoms with Crippen LogP contribution in [0.5, 0.6) is 0 Å². The predicted molar refractivity (Wildman–Crippen MR) is 149 cm³/mol. The van der Waals surface area contributed by atoms with E-state index in [1.54, 1.807) is 11.3 Å². The van der Waals surface area contributed by atoms with E-state index in [2.05, 4.69) is 15.6 Å². The molecule has 1 aromatic carbocycles. The van der Waals surface area contributed by atoms with E-state index >= 15 is 0 Å². The highest BCUT2D eigenvalue weighted by Crippen LogP contribution is 2.29. The number of amides is 3. The number of rotatable bonds is 7. The number of carbonyl (C=O) groups is 4. The zero-order chi connectivity index (χ0) is 28.4. The van der Waals surface area contributed by atoms with Gasteiger partial charge in [0.1, 0.15) is 12.1 Å². The quantitative estimate of drug-likeness (QED) is 0.540. The molecule has 0 spiro atoms. The molecule has 3 unspecified atom stereocenters. The molecule has 3 atom stereocenters. The first-order chi connectivity index (χ1) is 17.6. The lowest BCUT2D eigenvalue weighted by molar-refractivity contribution is -0.144. The van der Waals surface area contributed by atoms with Gasteiger partial charge >= 0.3 is 0 Å². The first-order valence-corrected chi connectivity index (χ1v) is 13.9. The minimum Gasteiger partial charge on any atom is -0.348 e. The molecule has 38 heavy (non-hydrogen) atoms. The van der Waals surface area contributed by atoms with Crippen LogP contribution in [0.2, 0.25) is 0 Å². The SMILES string of the molecule is Cc1ncsc1-c1ccc(C(C)NC(=O)C2CC(=O)CN2C(=O)C(NC(=O)CC(C)(C)C)C(C)(C)C)cc1. The van der Waals surface area contributed by atoms with E-state index in [9.17, 15) is 19.2 Å². The smallest absolute Gasteiger partial charge is 0.246 e. The normalized spacial score (nSPS) is 17.7. The number of Topliss-reactive ketones (excluding diaryl/α,β-unsaturated/α-hetero) is 1. The molecule has 0 aliphatic carbocycles. The van der Waals surface area contributed by atoms with Crippen LogP contribution in [0.1, 0.15) is 78.6 Å². The minimum absolute atomic E-state index is 0.0410. The maximum atomic E-state index is 13.7. The second kappa shape index (κ2) is 11.4. The van der Waals surface area contributed by atoms with E-state index in [1.807, 2.05) is 85.2 Å². The van der Waals surface area contributed by atoms with Crippen LogP contribution in [-0.2, 0) is 19.2 Å². The Labute approximate surface area is 229 Å². The third-order valence-corrected chi connectivity index (χ3v) is 7.59. The number of ketones is 1. The van der Waals surface area contributed by atoms with Crippen molar-refractivity contribution in [2.24, 2.45) is 10.8 Å². The van der Waals surface area contributed by atoms with Crippen LogP contribution in [0.4, 0.5) is 0 Å². The van der Waals surface area contributed by atoms with Gasteiger partial charge in [0, 0.05) is 12.8 Å². The third kappa shape index (κ3) is 7.28. The lowest BCUT2D eigenvalue weighted by Gasteiger charge is -2.35. The van der Waals surface area contributed by atoms with Crippen molar-refractivity contribution in [3.8, 4) is 10.4 Å². The first-order valence-electron chi connectivity index (χ1n) is 13.0. The highest BCUT2D eigenvalue weighted by molar-refractivity contribution is 7.13. The summed E-state index contributed by atoms with van der Waals surface area (Å²) >= 11 is 1.58. The molecule has 1 aliphatic rings. The van der Waals surface area contributed by atoms with E-state index in [1.165, 1.54) is 4.90 Å². The molecule has 8 nitrogen and oxygen atoms in total. The summed E-state index contributed by atoms with van der Waals surface area (Å²) in [6.45, 7) is 15.1. The van der Waals surface area contributed by atoms with Crippen molar-refractivity contribution in [3.63, 3.8) is 0 Å². The maximum Gasteiger partial charge on any atom is 0.246 e. The molecule has 1 saturated heterocycles. The molecule has 0 radical (unpaired) electrons. The lowest BCUT2D eigenvalue weighted by atomic mass is 9.84. The molecular formula is C29H40N4O4S. The Balaban J connectivity index is 1.73. The Morgan fingerprint density at radius 1 is 1.08 bits per heavy atom. The summed E-state index contributed by atoms with van der Waals surface area (Å²) in [5.41, 5.74) is 3.92. The number of nitrogens with zero attached hydrogens (tertiary/aromatic N) is 2. The number of aryl methyl sites for hydroxylation is 1. The zero-order valence-electron chi connectivity index (χ0n) is 23.7. The third-order valence-electron chi connectivity index (χ3n) is 6.62. The van der Waals surface area contributed by atoms with Crippen molar-refractivity contribution in [3.05, 3.63) is 41.0 Å². The summed E-state index contributed by atoms with van der Waals surface area (Å²) in [4.78, 5) is 58.8. The second-order valence-electron chi connectivity index (χ2n) is 12.4. The first kappa shape index (κ1) is 29.5. The summed E-state index contributed by atoms with van der Waals surface area (Å²) in [6.07, 6.45) is 0.218. The van der Waals surface area contributed by atoms with Crippen LogP contribution in [0.3, 0.4) is 0 Å². The van der Waals surface area contributed by atoms with Crippen LogP contribution in [-0.4, -0.2) is 52.0 Å². The van der Waals surface area contributed by atoms with E-state index in [4.69, 9.17) is 0 Å². The van der Waals surface area contributed by atoms with Crippen LogP contribution in [0, 0.1) is 17.8 Å². The summed E-state index contributed by atoms with van der Waals surface area (Å²) < 4.78 is 0. The predicted octanol–water partition coefficient (Wildman–Crippen LogP) is 4.43. The molecule has 2 N–H and O–H groups in total. The van der Waals surface area contributed by atoms with Crippen LogP contribution >= 0.6 is 11.3 Å². The van der Waals surface area contributed by atoms with Crippen molar-refractivity contribution in [2.75, 3.05) is 6.54 Å². The average Bonchev–Trinajstić information content (AvgIpc) is 3.40. The Kier molecular flexibility index (Phi) is 8.81. The fourth-order valence-corrected chi connectivity index (χ4v) is 5.37. The Morgan fingerprint density at radius 3 is 2.24 bits per heavy atom. The molecule has 0 saturated carbocycles. The number of aromatic nitrogens is 1. The van der Waals surface area contributed by atoms with Gasteiger partial charge in [-0.25, -0.2) is 4.98 Å². The van der Waals surface area contributed by atoms with Gasteiger partial charge in [-0.05, 0) is 35.8 Å². The van der Waals surface area contributed by atoms with Gasteiger partial charge in [-0.1, -0.05) is 65.8 Å². The molecule has 2 aromatic rings. The van der Waals surface area contributed by atoms with Gasteiger partial charge in [0.2, 0.25) is 17.7 Å². The van der Waals surface area contributed by atoms with Gasteiger partial charge in [-0.2, -0.15) is 0 Å². The number of nitrogens with one attached hydrogen (secondary N) is 2. The number of hydrogen-bond donors (Lipinski definition) is 2. The van der Waals surface area contributed by atoms with Gasteiger partial charge in [0.15, 0.2) is 5.78 Å². The minimum atomic E-state index is -0.916. The van der Waals surface area contributed by atoms with Gasteiger partial charge in [-0.15, -0.1) is 11.3 Å². The standard InChI is InChI=1S/C29H40N4O4S/c1-17(19-9-11-20(12-10-19)24-18(2)30-16-38-24)31-26(36)22-13-21(34)15-33(22)27(37)25(29(6,7)8)32-23(35)14-28(3,4)5/h9-12,16-17,22,25H,13-15H2,1-8H3,(H,31,36)(H,32,35). The van der Waals surface area contributed by atoms with E-state index in [-0.39, 0.29) is 48.4 Å². The Morgan fingerprint density at radius 2 is 1.71 bits per heavy atom. The van der Waals surface area contributed by atoms with Crippen molar-refractivity contribution in [1.29, 1.82) is 0 Å². The lowest BCUT2D eigenvalue weighted by Crippen LogP contribution is -2.58. The highest BCUT2D eigenvalue weighted by Gasteiger charge is 2.44. The van der Waals surface area contributed by atoms with Gasteiger partial charge in [-0.3, -0.25) is 19.2 Å². The largest absolute Gasteiger partial charge is 0.348 e. The number of carbonyl (C=O) groups excluding carboxylic acids is 4. The Bertz CT molecular complexity index is 1190. The van der Waals surface area contributed by atoms with Crippen LogP contribution < -0.4 is 10.6 Å². The summed E-state index contributed by atoms with van der Waals surface area (Å²) in [5.74, 6) is -1.21. The number of hydrogen-bond acceptors (Lipinski definition) is 6. The number of likely N-dealkylation sites (tertiary alicyclic amines) is 1. The molecule has 1 aliphatic heterocycles. The van der Waals surface area contributed by atoms with Crippen molar-refractivity contribution in [1.82, 2.24) is 20.5 Å². The van der Waals surface area contributed by atoms with Crippen LogP contribution in [0.25, 0.3) is 10.4 Å². The van der Waals surface area contributed by atoms with Crippen LogP contribution in [0.15, 0.2) is 29.8 Å². The zero-order valence-corrected chi connectivity index (χ0v) is 24.5. The molecule has 3 rings (SSSR count). The molecular weight excluding hydrogens is 500 g/mol. The van der Waals surface area contributed by atoms with Gasteiger partial charge in [0.05, 0.1) is 28.7 Å². The van der Waals surface area contributed by atoms with E-state index in [0.717, 1.165) is 21.7 Å². The monoisotopic (exact) mass is 540 g/mol. The molecule has 3 amide bonds. The van der Waals surface area contributed by atoms with Gasteiger partial charge in [0.25, 0.3) is 0 Å². The second-order valence-corrected chi connectivity index (χ2v) is 13.3. The molecule has 1 fully saturated rings.